The fourth-order valence-electron chi connectivity index (χ4n) is 2.04. The molecule has 1 N–H and O–H groups in total. The normalized spacial score (nSPS) is 33.5. The van der Waals surface area contributed by atoms with E-state index in [0.717, 1.165) is 0 Å². The van der Waals surface area contributed by atoms with Gasteiger partial charge in [-0.3, -0.25) is 9.59 Å². The van der Waals surface area contributed by atoms with Gasteiger partial charge in [-0.2, -0.15) is 0 Å². The van der Waals surface area contributed by atoms with E-state index in [0.29, 0.717) is 6.42 Å². The quantitative estimate of drug-likeness (QED) is 0.611. The predicted molar refractivity (Wildman–Crippen MR) is 50.4 cm³/mol. The van der Waals surface area contributed by atoms with Gasteiger partial charge in [0.05, 0.1) is 0 Å². The van der Waals surface area contributed by atoms with E-state index in [1.165, 1.54) is 0 Å². The van der Waals surface area contributed by atoms with Crippen LogP contribution < -0.4 is 5.32 Å². The van der Waals surface area contributed by atoms with Gasteiger partial charge in [0, 0.05) is 11.3 Å². The number of rotatable bonds is 1. The average molecular weight is 183 g/mol. The van der Waals surface area contributed by atoms with E-state index in [9.17, 15) is 9.59 Å². The molecule has 0 spiro atoms. The third-order valence-electron chi connectivity index (χ3n) is 2.80. The van der Waals surface area contributed by atoms with Crippen molar-refractivity contribution in [2.45, 2.75) is 33.2 Å². The molecule has 2 atom stereocenters. The van der Waals surface area contributed by atoms with Crippen LogP contribution in [0.1, 0.15) is 27.2 Å². The SMILES string of the molecule is CNC1C(=O)C(C)CC(C)(C)C1=O. The van der Waals surface area contributed by atoms with E-state index in [4.69, 9.17) is 0 Å². The smallest absolute Gasteiger partial charge is 0.162 e. The van der Waals surface area contributed by atoms with Crippen molar-refractivity contribution < 1.29 is 9.59 Å². The zero-order chi connectivity index (χ0) is 10.2. The van der Waals surface area contributed by atoms with Gasteiger partial charge in [-0.25, -0.2) is 0 Å². The van der Waals surface area contributed by atoms with Gasteiger partial charge in [-0.1, -0.05) is 20.8 Å². The van der Waals surface area contributed by atoms with Gasteiger partial charge in [0.1, 0.15) is 6.04 Å². The number of hydrogen-bond donors (Lipinski definition) is 1. The highest BCUT2D eigenvalue weighted by atomic mass is 16.2. The lowest BCUT2D eigenvalue weighted by Crippen LogP contribution is -2.54. The van der Waals surface area contributed by atoms with Gasteiger partial charge < -0.3 is 5.32 Å². The molecule has 0 aromatic carbocycles. The molecule has 1 rings (SSSR count). The number of carbonyl (C=O) groups excluding carboxylic acids is 2. The Balaban J connectivity index is 2.95. The molecule has 0 heterocycles. The summed E-state index contributed by atoms with van der Waals surface area (Å²) < 4.78 is 0. The molecule has 13 heavy (non-hydrogen) atoms. The fraction of sp³-hybridized carbons (Fsp3) is 0.800. The molecule has 0 radical (unpaired) electrons. The summed E-state index contributed by atoms with van der Waals surface area (Å²) in [5, 5.41) is 2.79. The largest absolute Gasteiger partial charge is 0.304 e. The molecular formula is C10H17NO2. The van der Waals surface area contributed by atoms with Crippen molar-refractivity contribution in [2.75, 3.05) is 7.05 Å². The Labute approximate surface area is 78.9 Å². The molecule has 3 nitrogen and oxygen atoms in total. The minimum Gasteiger partial charge on any atom is -0.304 e. The van der Waals surface area contributed by atoms with Crippen LogP contribution in [0.2, 0.25) is 0 Å². The lowest BCUT2D eigenvalue weighted by Gasteiger charge is -2.35. The molecule has 0 bridgehead atoms. The first kappa shape index (κ1) is 10.4. The maximum atomic E-state index is 11.8. The Morgan fingerprint density at radius 1 is 1.38 bits per heavy atom. The highest BCUT2D eigenvalue weighted by molar-refractivity contribution is 6.11. The summed E-state index contributed by atoms with van der Waals surface area (Å²) in [6.45, 7) is 5.70. The summed E-state index contributed by atoms with van der Waals surface area (Å²) >= 11 is 0. The molecule has 1 saturated carbocycles. The van der Waals surface area contributed by atoms with Crippen molar-refractivity contribution in [3.05, 3.63) is 0 Å². The van der Waals surface area contributed by atoms with E-state index in [2.05, 4.69) is 5.32 Å². The maximum Gasteiger partial charge on any atom is 0.162 e. The second kappa shape index (κ2) is 3.22. The van der Waals surface area contributed by atoms with Crippen molar-refractivity contribution in [1.29, 1.82) is 0 Å². The van der Waals surface area contributed by atoms with Gasteiger partial charge in [-0.05, 0) is 13.5 Å². The van der Waals surface area contributed by atoms with E-state index in [-0.39, 0.29) is 22.9 Å². The van der Waals surface area contributed by atoms with E-state index in [1.54, 1.807) is 7.05 Å². The minimum absolute atomic E-state index is 0.00912. The van der Waals surface area contributed by atoms with Crippen molar-refractivity contribution in [2.24, 2.45) is 11.3 Å². The molecule has 1 aliphatic rings. The van der Waals surface area contributed by atoms with Crippen LogP contribution in [0, 0.1) is 11.3 Å². The topological polar surface area (TPSA) is 46.2 Å². The van der Waals surface area contributed by atoms with Crippen LogP contribution in [0.15, 0.2) is 0 Å². The number of hydrogen-bond acceptors (Lipinski definition) is 3. The van der Waals surface area contributed by atoms with Crippen LogP contribution in [0.25, 0.3) is 0 Å². The van der Waals surface area contributed by atoms with Crippen LogP contribution >= 0.6 is 0 Å². The molecule has 0 saturated heterocycles. The zero-order valence-corrected chi connectivity index (χ0v) is 8.68. The third kappa shape index (κ3) is 1.66. The van der Waals surface area contributed by atoms with Crippen LogP contribution in [-0.2, 0) is 9.59 Å². The number of carbonyl (C=O) groups is 2. The summed E-state index contributed by atoms with van der Waals surface area (Å²) in [5.41, 5.74) is -0.360. The van der Waals surface area contributed by atoms with Gasteiger partial charge in [0.25, 0.3) is 0 Å². The van der Waals surface area contributed by atoms with E-state index < -0.39 is 6.04 Å². The average Bonchev–Trinajstić information content (AvgIpc) is 2.02. The summed E-state index contributed by atoms with van der Waals surface area (Å²) in [4.78, 5) is 23.3. The maximum absolute atomic E-state index is 11.8. The number of ketones is 2. The number of Topliss-reactive ketones (excluding diaryl/α,β-unsaturated/α-hetero) is 2. The Morgan fingerprint density at radius 3 is 2.38 bits per heavy atom. The highest BCUT2D eigenvalue weighted by Crippen LogP contribution is 2.33. The van der Waals surface area contributed by atoms with Gasteiger partial charge in [0.15, 0.2) is 11.6 Å². The molecule has 0 aliphatic heterocycles. The number of nitrogens with one attached hydrogen (secondary N) is 1. The van der Waals surface area contributed by atoms with Crippen LogP contribution in [0.4, 0.5) is 0 Å². The highest BCUT2D eigenvalue weighted by Gasteiger charge is 2.44. The van der Waals surface area contributed by atoms with Gasteiger partial charge in [-0.15, -0.1) is 0 Å². The summed E-state index contributed by atoms with van der Waals surface area (Å²) in [5.74, 6) is 0.0510. The van der Waals surface area contributed by atoms with Gasteiger partial charge in [0.2, 0.25) is 0 Å². The first-order valence-electron chi connectivity index (χ1n) is 4.65. The first-order chi connectivity index (χ1) is 5.90. The standard InChI is InChI=1S/C10H17NO2/c1-6-5-10(2,3)9(13)7(11-4)8(6)12/h6-7,11H,5H2,1-4H3. The van der Waals surface area contributed by atoms with Crippen molar-refractivity contribution in [3.8, 4) is 0 Å². The molecular weight excluding hydrogens is 166 g/mol. The van der Waals surface area contributed by atoms with Gasteiger partial charge >= 0.3 is 0 Å². The molecule has 0 aromatic heterocycles. The molecule has 1 aliphatic carbocycles. The Bertz CT molecular complexity index is 245. The lowest BCUT2D eigenvalue weighted by atomic mass is 9.69. The number of likely N-dealkylation sites (N-methyl/N-ethyl adjacent to an activating group) is 1. The molecule has 0 aromatic rings. The minimum atomic E-state index is -0.584. The summed E-state index contributed by atoms with van der Waals surface area (Å²) in [6.07, 6.45) is 0.669. The molecule has 74 valence electrons. The van der Waals surface area contributed by atoms with Crippen LogP contribution in [-0.4, -0.2) is 24.7 Å². The Morgan fingerprint density at radius 2 is 1.92 bits per heavy atom. The van der Waals surface area contributed by atoms with Crippen molar-refractivity contribution >= 4 is 11.6 Å². The third-order valence-corrected chi connectivity index (χ3v) is 2.80. The Hall–Kier alpha value is -0.700. The zero-order valence-electron chi connectivity index (χ0n) is 8.68. The second-order valence-corrected chi connectivity index (χ2v) is 4.48. The first-order valence-corrected chi connectivity index (χ1v) is 4.65. The Kier molecular flexibility index (Phi) is 2.57. The molecule has 3 heteroatoms. The molecule has 1 fully saturated rings. The molecule has 0 amide bonds. The fourth-order valence-corrected chi connectivity index (χ4v) is 2.04. The van der Waals surface area contributed by atoms with Crippen LogP contribution in [0.5, 0.6) is 0 Å². The molecule has 2 unspecified atom stereocenters. The van der Waals surface area contributed by atoms with Crippen LogP contribution in [0.3, 0.4) is 0 Å². The van der Waals surface area contributed by atoms with Crippen molar-refractivity contribution in [3.63, 3.8) is 0 Å². The van der Waals surface area contributed by atoms with E-state index >= 15 is 0 Å². The van der Waals surface area contributed by atoms with Crippen molar-refractivity contribution in [1.82, 2.24) is 5.32 Å². The monoisotopic (exact) mass is 183 g/mol. The lowest BCUT2D eigenvalue weighted by molar-refractivity contribution is -0.142. The summed E-state index contributed by atoms with van der Waals surface area (Å²) in [6, 6.07) is -0.584. The van der Waals surface area contributed by atoms with E-state index in [1.807, 2.05) is 20.8 Å². The predicted octanol–water partition coefficient (Wildman–Crippen LogP) is 0.779. The second-order valence-electron chi connectivity index (χ2n) is 4.48. The summed E-state index contributed by atoms with van der Waals surface area (Å²) in [7, 11) is 1.66.